The van der Waals surface area contributed by atoms with E-state index in [9.17, 15) is 9.59 Å². The van der Waals surface area contributed by atoms with E-state index in [2.05, 4.69) is 0 Å². The van der Waals surface area contributed by atoms with Crippen molar-refractivity contribution in [2.24, 2.45) is 0 Å². The van der Waals surface area contributed by atoms with Crippen LogP contribution >= 0.6 is 0 Å². The molecule has 106 valence electrons. The average Bonchev–Trinajstić information content (AvgIpc) is 2.29. The van der Waals surface area contributed by atoms with Gasteiger partial charge >= 0.3 is 11.9 Å². The molecule has 0 heterocycles. The van der Waals surface area contributed by atoms with Gasteiger partial charge < -0.3 is 14.9 Å². The van der Waals surface area contributed by atoms with Crippen molar-refractivity contribution in [3.63, 3.8) is 0 Å². The van der Waals surface area contributed by atoms with Crippen LogP contribution in [0.25, 0.3) is 0 Å². The van der Waals surface area contributed by atoms with Crippen LogP contribution in [0.4, 0.5) is 0 Å². The second-order valence-corrected chi connectivity index (χ2v) is 4.42. The third-order valence-electron chi connectivity index (χ3n) is 2.65. The van der Waals surface area contributed by atoms with Gasteiger partial charge in [0, 0.05) is 13.0 Å². The molecular formula is C13H24O5. The lowest BCUT2D eigenvalue weighted by Crippen LogP contribution is -2.07. The molecule has 0 spiro atoms. The van der Waals surface area contributed by atoms with E-state index in [0.717, 1.165) is 51.4 Å². The molecule has 0 radical (unpaired) electrons. The number of aliphatic carboxylic acids is 2. The van der Waals surface area contributed by atoms with E-state index < -0.39 is 11.9 Å². The van der Waals surface area contributed by atoms with Gasteiger partial charge in [0.05, 0.1) is 0 Å². The number of carboxylic acid groups (broad SMARTS) is 2. The van der Waals surface area contributed by atoms with E-state index in [1.807, 2.05) is 0 Å². The monoisotopic (exact) mass is 260 g/mol. The summed E-state index contributed by atoms with van der Waals surface area (Å²) < 4.78 is 4.92. The minimum atomic E-state index is -0.920. The highest BCUT2D eigenvalue weighted by Gasteiger charge is 1.97. The van der Waals surface area contributed by atoms with Gasteiger partial charge in [-0.3, -0.25) is 4.79 Å². The number of hydrogen-bond donors (Lipinski definition) is 2. The average molecular weight is 260 g/mol. The predicted molar refractivity (Wildman–Crippen MR) is 67.6 cm³/mol. The highest BCUT2D eigenvalue weighted by atomic mass is 16.5. The molecule has 0 unspecified atom stereocenters. The zero-order valence-corrected chi connectivity index (χ0v) is 10.9. The van der Waals surface area contributed by atoms with E-state index in [1.165, 1.54) is 0 Å². The summed E-state index contributed by atoms with van der Waals surface area (Å²) in [5, 5.41) is 16.8. The van der Waals surface area contributed by atoms with Crippen LogP contribution in [0, 0.1) is 0 Å². The first-order valence-electron chi connectivity index (χ1n) is 6.64. The summed E-state index contributed by atoms with van der Waals surface area (Å²) in [5.41, 5.74) is 0. The van der Waals surface area contributed by atoms with Gasteiger partial charge in [-0.1, -0.05) is 38.5 Å². The van der Waals surface area contributed by atoms with E-state index >= 15 is 0 Å². The first-order chi connectivity index (χ1) is 8.63. The summed E-state index contributed by atoms with van der Waals surface area (Å²) in [5.74, 6) is -1.63. The van der Waals surface area contributed by atoms with Crippen molar-refractivity contribution in [2.75, 3.05) is 13.2 Å². The molecule has 0 aromatic heterocycles. The molecule has 0 atom stereocenters. The molecule has 0 saturated carbocycles. The summed E-state index contributed by atoms with van der Waals surface area (Å²) >= 11 is 0. The SMILES string of the molecule is O=C(O)CCCCCCCCCCOCC(=O)O. The van der Waals surface area contributed by atoms with Crippen LogP contribution in [0.1, 0.15) is 57.8 Å². The smallest absolute Gasteiger partial charge is 0.329 e. The molecule has 5 nitrogen and oxygen atoms in total. The minimum absolute atomic E-state index is 0.205. The maximum atomic E-state index is 10.3. The number of carboxylic acids is 2. The fraction of sp³-hybridized carbons (Fsp3) is 0.846. The van der Waals surface area contributed by atoms with Crippen molar-refractivity contribution in [2.45, 2.75) is 57.8 Å². The number of hydrogen-bond acceptors (Lipinski definition) is 3. The van der Waals surface area contributed by atoms with E-state index in [1.54, 1.807) is 0 Å². The van der Waals surface area contributed by atoms with Gasteiger partial charge in [0.25, 0.3) is 0 Å². The summed E-state index contributed by atoms with van der Waals surface area (Å²) in [4.78, 5) is 20.4. The summed E-state index contributed by atoms with van der Waals surface area (Å²) in [6.07, 6.45) is 8.56. The molecule has 0 aromatic rings. The maximum Gasteiger partial charge on any atom is 0.329 e. The molecule has 0 saturated heterocycles. The highest BCUT2D eigenvalue weighted by Crippen LogP contribution is 2.09. The van der Waals surface area contributed by atoms with Crippen LogP contribution in [0.15, 0.2) is 0 Å². The first-order valence-corrected chi connectivity index (χ1v) is 6.64. The van der Waals surface area contributed by atoms with Crippen molar-refractivity contribution in [3.05, 3.63) is 0 Å². The number of ether oxygens (including phenoxy) is 1. The third kappa shape index (κ3) is 14.9. The van der Waals surface area contributed by atoms with Crippen LogP contribution in [-0.4, -0.2) is 35.4 Å². The summed E-state index contributed by atoms with van der Waals surface area (Å²) in [6.45, 7) is 0.314. The van der Waals surface area contributed by atoms with Gasteiger partial charge in [0.2, 0.25) is 0 Å². The molecule has 0 aromatic carbocycles. The van der Waals surface area contributed by atoms with Gasteiger partial charge in [0.15, 0.2) is 0 Å². The second kappa shape index (κ2) is 12.4. The van der Waals surface area contributed by atoms with Crippen molar-refractivity contribution in [1.82, 2.24) is 0 Å². The van der Waals surface area contributed by atoms with Gasteiger partial charge in [-0.05, 0) is 12.8 Å². The molecule has 0 fully saturated rings. The van der Waals surface area contributed by atoms with Crippen LogP contribution in [0.2, 0.25) is 0 Å². The molecule has 18 heavy (non-hydrogen) atoms. The largest absolute Gasteiger partial charge is 0.481 e. The Morgan fingerprint density at radius 1 is 0.722 bits per heavy atom. The number of unbranched alkanes of at least 4 members (excludes halogenated alkanes) is 7. The van der Waals surface area contributed by atoms with Gasteiger partial charge in [-0.15, -0.1) is 0 Å². The molecule has 0 rings (SSSR count). The Morgan fingerprint density at radius 2 is 1.22 bits per heavy atom. The Kier molecular flexibility index (Phi) is 11.6. The van der Waals surface area contributed by atoms with Gasteiger partial charge in [-0.25, -0.2) is 4.79 Å². The maximum absolute atomic E-state index is 10.3. The van der Waals surface area contributed by atoms with E-state index in [-0.39, 0.29) is 13.0 Å². The third-order valence-corrected chi connectivity index (χ3v) is 2.65. The zero-order chi connectivity index (χ0) is 13.6. The molecule has 0 aliphatic carbocycles. The fourth-order valence-corrected chi connectivity index (χ4v) is 1.70. The Balaban J connectivity index is 2.99. The number of carbonyl (C=O) groups is 2. The topological polar surface area (TPSA) is 83.8 Å². The van der Waals surface area contributed by atoms with Crippen LogP contribution < -0.4 is 0 Å². The van der Waals surface area contributed by atoms with Crippen molar-refractivity contribution < 1.29 is 24.5 Å². The minimum Gasteiger partial charge on any atom is -0.481 e. The summed E-state index contributed by atoms with van der Waals surface area (Å²) in [7, 11) is 0. The standard InChI is InChI=1S/C13H24O5/c14-12(15)9-7-5-3-1-2-4-6-8-10-18-11-13(16)17/h1-11H2,(H,14,15)(H,16,17). The van der Waals surface area contributed by atoms with Crippen molar-refractivity contribution in [1.29, 1.82) is 0 Å². The molecular weight excluding hydrogens is 236 g/mol. The zero-order valence-electron chi connectivity index (χ0n) is 10.9. The Labute approximate surface area is 108 Å². The Hall–Kier alpha value is -1.10. The normalized spacial score (nSPS) is 10.4. The van der Waals surface area contributed by atoms with Crippen LogP contribution in [-0.2, 0) is 14.3 Å². The van der Waals surface area contributed by atoms with Crippen LogP contribution in [0.5, 0.6) is 0 Å². The van der Waals surface area contributed by atoms with E-state index in [0.29, 0.717) is 6.61 Å². The van der Waals surface area contributed by atoms with Crippen LogP contribution in [0.3, 0.4) is 0 Å². The predicted octanol–water partition coefficient (Wildman–Crippen LogP) is 2.68. The molecule has 2 N–H and O–H groups in total. The second-order valence-electron chi connectivity index (χ2n) is 4.42. The Bertz CT molecular complexity index is 203. The fourth-order valence-electron chi connectivity index (χ4n) is 1.70. The molecule has 0 aliphatic heterocycles. The first kappa shape index (κ1) is 16.9. The Morgan fingerprint density at radius 3 is 1.72 bits per heavy atom. The number of rotatable bonds is 13. The molecule has 0 aliphatic rings. The summed E-state index contributed by atoms with van der Waals surface area (Å²) in [6, 6.07) is 0. The van der Waals surface area contributed by atoms with E-state index in [4.69, 9.17) is 14.9 Å². The van der Waals surface area contributed by atoms with Crippen molar-refractivity contribution in [3.8, 4) is 0 Å². The quantitative estimate of drug-likeness (QED) is 0.497. The lowest BCUT2D eigenvalue weighted by molar-refractivity contribution is -0.142. The van der Waals surface area contributed by atoms with Gasteiger partial charge in [0.1, 0.15) is 6.61 Å². The van der Waals surface area contributed by atoms with Crippen molar-refractivity contribution >= 4 is 11.9 Å². The lowest BCUT2D eigenvalue weighted by atomic mass is 10.1. The van der Waals surface area contributed by atoms with Gasteiger partial charge in [-0.2, -0.15) is 0 Å². The molecule has 0 bridgehead atoms. The molecule has 0 amide bonds. The lowest BCUT2D eigenvalue weighted by Gasteiger charge is -2.02. The highest BCUT2D eigenvalue weighted by molar-refractivity contribution is 5.68. The molecule has 5 heteroatoms.